The second kappa shape index (κ2) is 10.9. The molecule has 1 radical (unpaired) electrons. The zero-order valence-electron chi connectivity index (χ0n) is 7.75. The number of ether oxygens (including phenoxy) is 1. The van der Waals surface area contributed by atoms with E-state index in [1.54, 1.807) is 6.41 Å². The van der Waals surface area contributed by atoms with Crippen LogP contribution in [0, 0.1) is 0 Å². The molecule has 0 spiro atoms. The summed E-state index contributed by atoms with van der Waals surface area (Å²) >= 11 is 0. The highest BCUT2D eigenvalue weighted by molar-refractivity contribution is 5.46. The fraction of sp³-hybridized carbons (Fsp3) is 0.778. The van der Waals surface area contributed by atoms with E-state index in [1.165, 1.54) is 0 Å². The molecule has 1 amide bonds. The van der Waals surface area contributed by atoms with Gasteiger partial charge in [-0.2, -0.15) is 0 Å². The summed E-state index contributed by atoms with van der Waals surface area (Å²) in [5.41, 5.74) is 0. The highest BCUT2D eigenvalue weighted by Gasteiger charge is 1.90. The number of rotatable bonds is 10. The Morgan fingerprint density at radius 2 is 1.85 bits per heavy atom. The van der Waals surface area contributed by atoms with Crippen LogP contribution in [0.1, 0.15) is 32.1 Å². The molecule has 0 unspecified atom stereocenters. The van der Waals surface area contributed by atoms with E-state index in [1.807, 2.05) is 0 Å². The molecule has 75 valence electrons. The van der Waals surface area contributed by atoms with Crippen molar-refractivity contribution in [3.05, 3.63) is 0 Å². The first kappa shape index (κ1) is 11.9. The van der Waals surface area contributed by atoms with E-state index in [-0.39, 0.29) is 0 Å². The molecule has 0 fully saturated rings. The summed E-state index contributed by atoms with van der Waals surface area (Å²) in [5.74, 6) is 0. The van der Waals surface area contributed by atoms with E-state index in [9.17, 15) is 9.59 Å². The molecule has 0 aromatic carbocycles. The molecular weight excluding hydrogens is 170 g/mol. The molecule has 0 aromatic rings. The molecule has 0 aliphatic heterocycles. The fourth-order valence-electron chi connectivity index (χ4n) is 1.03. The van der Waals surface area contributed by atoms with Crippen LogP contribution in [-0.2, 0) is 14.3 Å². The lowest BCUT2D eigenvalue weighted by Gasteiger charge is -2.00. The van der Waals surface area contributed by atoms with Gasteiger partial charge in [0, 0.05) is 6.54 Å². The highest BCUT2D eigenvalue weighted by Crippen LogP contribution is 2.01. The lowest BCUT2D eigenvalue weighted by molar-refractivity contribution is -0.128. The summed E-state index contributed by atoms with van der Waals surface area (Å²) in [6.45, 7) is 1.70. The third-order valence-corrected chi connectivity index (χ3v) is 1.70. The van der Waals surface area contributed by atoms with Gasteiger partial charge in [-0.25, -0.2) is 0 Å². The van der Waals surface area contributed by atoms with E-state index < -0.39 is 0 Å². The van der Waals surface area contributed by atoms with Crippen LogP contribution in [0.4, 0.5) is 0 Å². The molecular formula is C9H16NO3. The van der Waals surface area contributed by atoms with E-state index in [2.05, 4.69) is 10.1 Å². The maximum Gasteiger partial charge on any atom is 0.309 e. The van der Waals surface area contributed by atoms with Crippen LogP contribution in [0.3, 0.4) is 0 Å². The number of carbonyl (C=O) groups is 1. The molecule has 0 aromatic heterocycles. The van der Waals surface area contributed by atoms with Gasteiger partial charge >= 0.3 is 6.41 Å². The minimum atomic E-state index is 0.476. The van der Waals surface area contributed by atoms with Gasteiger partial charge in [0.2, 0.25) is 0 Å². The summed E-state index contributed by atoms with van der Waals surface area (Å²) in [7, 11) is 0. The molecule has 1 N–H and O–H groups in total. The molecule has 4 nitrogen and oxygen atoms in total. The number of nitrogens with one attached hydrogen (secondary N) is 1. The average Bonchev–Trinajstić information content (AvgIpc) is 2.16. The Bertz CT molecular complexity index is 114. The Morgan fingerprint density at radius 1 is 1.15 bits per heavy atom. The van der Waals surface area contributed by atoms with Crippen molar-refractivity contribution in [3.8, 4) is 0 Å². The smallest absolute Gasteiger partial charge is 0.309 e. The van der Waals surface area contributed by atoms with Gasteiger partial charge in [-0.05, 0) is 12.8 Å². The zero-order chi connectivity index (χ0) is 9.78. The van der Waals surface area contributed by atoms with Crippen molar-refractivity contribution in [2.24, 2.45) is 0 Å². The number of hydrogen-bond donors (Lipinski definition) is 1. The van der Waals surface area contributed by atoms with Crippen LogP contribution in [0.15, 0.2) is 0 Å². The van der Waals surface area contributed by atoms with Crippen molar-refractivity contribution in [2.45, 2.75) is 32.1 Å². The average molecular weight is 186 g/mol. The first-order chi connectivity index (χ1) is 6.41. The molecule has 0 saturated carbocycles. The van der Waals surface area contributed by atoms with Crippen molar-refractivity contribution in [1.29, 1.82) is 0 Å². The molecule has 0 aliphatic carbocycles. The van der Waals surface area contributed by atoms with Crippen molar-refractivity contribution >= 4 is 12.9 Å². The third kappa shape index (κ3) is 10.9. The zero-order valence-corrected chi connectivity index (χ0v) is 7.75. The predicted molar refractivity (Wildman–Crippen MR) is 48.8 cm³/mol. The quantitative estimate of drug-likeness (QED) is 0.311. The summed E-state index contributed by atoms with van der Waals surface area (Å²) in [5, 5.41) is 2.48. The van der Waals surface area contributed by atoms with Gasteiger partial charge in [0.05, 0.1) is 6.61 Å². The van der Waals surface area contributed by atoms with Crippen LogP contribution < -0.4 is 5.32 Å². The van der Waals surface area contributed by atoms with Crippen molar-refractivity contribution < 1.29 is 14.3 Å². The molecule has 0 atom stereocenters. The predicted octanol–water partition coefficient (Wildman–Crippen LogP) is 0.767. The Hall–Kier alpha value is -1.06. The molecule has 13 heavy (non-hydrogen) atoms. The van der Waals surface area contributed by atoms with E-state index in [0.29, 0.717) is 19.6 Å². The molecule has 0 aliphatic rings. The molecule has 4 heteroatoms. The molecule has 0 bridgehead atoms. The van der Waals surface area contributed by atoms with Gasteiger partial charge in [0.25, 0.3) is 6.47 Å². The first-order valence-electron chi connectivity index (χ1n) is 4.57. The summed E-state index contributed by atoms with van der Waals surface area (Å²) < 4.78 is 4.53. The third-order valence-electron chi connectivity index (χ3n) is 1.70. The highest BCUT2D eigenvalue weighted by atomic mass is 16.5. The summed E-state index contributed by atoms with van der Waals surface area (Å²) in [6.07, 6.45) is 6.82. The lowest BCUT2D eigenvalue weighted by atomic mass is 10.1. The monoisotopic (exact) mass is 186 g/mol. The molecule has 0 saturated heterocycles. The Kier molecular flexibility index (Phi) is 10.0. The normalized spacial score (nSPS) is 9.23. The summed E-state index contributed by atoms with van der Waals surface area (Å²) in [6, 6.07) is 0. The van der Waals surface area contributed by atoms with Crippen LogP contribution >= 0.6 is 0 Å². The van der Waals surface area contributed by atoms with Crippen molar-refractivity contribution in [1.82, 2.24) is 5.32 Å². The van der Waals surface area contributed by atoms with Gasteiger partial charge in [0.15, 0.2) is 0 Å². The molecule has 0 heterocycles. The van der Waals surface area contributed by atoms with Gasteiger partial charge < -0.3 is 10.1 Å². The topological polar surface area (TPSA) is 55.4 Å². The maximum atomic E-state index is 9.74. The SMILES string of the molecule is O=[C]NCCCCCCCOC=O. The van der Waals surface area contributed by atoms with Gasteiger partial charge in [-0.1, -0.05) is 19.3 Å². The van der Waals surface area contributed by atoms with Gasteiger partial charge in [0.1, 0.15) is 0 Å². The van der Waals surface area contributed by atoms with Crippen LogP contribution in [0.2, 0.25) is 0 Å². The van der Waals surface area contributed by atoms with E-state index in [0.717, 1.165) is 32.1 Å². The standard InChI is InChI=1S/C9H16NO3/c11-8-10-6-4-2-1-3-5-7-13-9-12/h9H,1-7H2,(H,10,11). The Balaban J connectivity index is 2.83. The van der Waals surface area contributed by atoms with Crippen molar-refractivity contribution in [2.75, 3.05) is 13.2 Å². The number of amides is 1. The van der Waals surface area contributed by atoms with Crippen LogP contribution in [0.5, 0.6) is 0 Å². The second-order valence-electron chi connectivity index (χ2n) is 2.76. The van der Waals surface area contributed by atoms with Gasteiger partial charge in [-0.3, -0.25) is 9.59 Å². The number of unbranched alkanes of at least 4 members (excludes halogenated alkanes) is 4. The Labute approximate surface area is 78.6 Å². The lowest BCUT2D eigenvalue weighted by Crippen LogP contribution is -2.11. The Morgan fingerprint density at radius 3 is 2.54 bits per heavy atom. The van der Waals surface area contributed by atoms with Crippen LogP contribution in [-0.4, -0.2) is 26.0 Å². The van der Waals surface area contributed by atoms with Crippen LogP contribution in [0.25, 0.3) is 0 Å². The molecule has 0 rings (SSSR count). The number of hydrogen-bond acceptors (Lipinski definition) is 3. The minimum Gasteiger partial charge on any atom is -0.468 e. The van der Waals surface area contributed by atoms with E-state index in [4.69, 9.17) is 0 Å². The summed E-state index contributed by atoms with van der Waals surface area (Å²) in [4.78, 5) is 19.5. The minimum absolute atomic E-state index is 0.476. The van der Waals surface area contributed by atoms with Crippen molar-refractivity contribution in [3.63, 3.8) is 0 Å². The number of carbonyl (C=O) groups excluding carboxylic acids is 2. The maximum absolute atomic E-state index is 9.74. The van der Waals surface area contributed by atoms with Gasteiger partial charge in [-0.15, -0.1) is 0 Å². The first-order valence-corrected chi connectivity index (χ1v) is 4.57. The fourth-order valence-corrected chi connectivity index (χ4v) is 1.03. The van der Waals surface area contributed by atoms with E-state index >= 15 is 0 Å². The largest absolute Gasteiger partial charge is 0.468 e. The second-order valence-corrected chi connectivity index (χ2v) is 2.76.